The quantitative estimate of drug-likeness (QED) is 0.280. The fraction of sp³-hybridized carbons (Fsp3) is 0.0741. The van der Waals surface area contributed by atoms with Crippen molar-refractivity contribution in [3.63, 3.8) is 0 Å². The third-order valence-electron chi connectivity index (χ3n) is 5.13. The van der Waals surface area contributed by atoms with Gasteiger partial charge in [-0.1, -0.05) is 72.8 Å². The van der Waals surface area contributed by atoms with Gasteiger partial charge in [-0.15, -0.1) is 0 Å². The molecule has 0 fully saturated rings. The van der Waals surface area contributed by atoms with Crippen LogP contribution < -0.4 is 9.47 Å². The highest BCUT2D eigenvalue weighted by Crippen LogP contribution is 2.32. The van der Waals surface area contributed by atoms with Gasteiger partial charge in [0.2, 0.25) is 0 Å². The van der Waals surface area contributed by atoms with Gasteiger partial charge in [0.25, 0.3) is 0 Å². The summed E-state index contributed by atoms with van der Waals surface area (Å²) in [4.78, 5) is 12.8. The topological polar surface area (TPSA) is 35.5 Å². The van der Waals surface area contributed by atoms with E-state index < -0.39 is 0 Å². The Kier molecular flexibility index (Phi) is 5.62. The average Bonchev–Trinajstić information content (AvgIpc) is 2.82. The zero-order valence-corrected chi connectivity index (χ0v) is 17.0. The minimum atomic E-state index is -0.123. The number of fused-ring (bicyclic) bond motifs is 1. The Morgan fingerprint density at radius 2 is 1.50 bits per heavy atom. The Bertz CT molecular complexity index is 1230. The van der Waals surface area contributed by atoms with Crippen LogP contribution in [0.4, 0.5) is 0 Å². The van der Waals surface area contributed by atoms with Gasteiger partial charge in [0.1, 0.15) is 11.5 Å². The van der Waals surface area contributed by atoms with Crippen molar-refractivity contribution in [1.82, 2.24) is 0 Å². The third-order valence-corrected chi connectivity index (χ3v) is 5.13. The van der Waals surface area contributed by atoms with Crippen molar-refractivity contribution in [1.29, 1.82) is 0 Å². The van der Waals surface area contributed by atoms with Gasteiger partial charge in [0.05, 0.1) is 19.8 Å². The first-order valence-electron chi connectivity index (χ1n) is 9.73. The molecular weight excluding hydrogens is 372 g/mol. The molecule has 0 unspecified atom stereocenters. The monoisotopic (exact) mass is 394 g/mol. The average molecular weight is 394 g/mol. The molecule has 0 saturated heterocycles. The van der Waals surface area contributed by atoms with Gasteiger partial charge in [-0.3, -0.25) is 4.79 Å². The van der Waals surface area contributed by atoms with E-state index in [1.165, 1.54) is 10.8 Å². The minimum absolute atomic E-state index is 0.123. The summed E-state index contributed by atoms with van der Waals surface area (Å²) in [5.41, 5.74) is 3.70. The molecule has 3 heteroatoms. The molecule has 0 N–H and O–H groups in total. The van der Waals surface area contributed by atoms with Gasteiger partial charge >= 0.3 is 0 Å². The van der Waals surface area contributed by atoms with E-state index in [2.05, 4.69) is 36.4 Å². The smallest absolute Gasteiger partial charge is 0.189 e. The number of carbonyl (C=O) groups is 1. The Morgan fingerprint density at radius 1 is 0.767 bits per heavy atom. The van der Waals surface area contributed by atoms with E-state index in [9.17, 15) is 4.79 Å². The summed E-state index contributed by atoms with van der Waals surface area (Å²) in [6.45, 7) is 0. The number of ether oxygens (including phenoxy) is 2. The summed E-state index contributed by atoms with van der Waals surface area (Å²) < 4.78 is 10.6. The SMILES string of the molecule is COc1ccc(C(=O)/C=C/c2ccccc2-c2cccc3ccccc23)c(OC)c1. The first-order chi connectivity index (χ1) is 14.7. The predicted molar refractivity (Wildman–Crippen MR) is 122 cm³/mol. The molecule has 30 heavy (non-hydrogen) atoms. The van der Waals surface area contributed by atoms with Gasteiger partial charge in [0, 0.05) is 6.07 Å². The maximum Gasteiger partial charge on any atom is 0.189 e. The van der Waals surface area contributed by atoms with Crippen molar-refractivity contribution in [3.8, 4) is 22.6 Å². The standard InChI is InChI=1S/C27H22O3/c1-29-21-15-16-25(27(18-21)30-2)26(28)17-14-20-9-4-6-12-23(20)24-13-7-10-19-8-3-5-11-22(19)24/h3-18H,1-2H3/b17-14+. The van der Waals surface area contributed by atoms with Crippen LogP contribution in [0.5, 0.6) is 11.5 Å². The second-order valence-electron chi connectivity index (χ2n) is 6.88. The molecule has 0 radical (unpaired) electrons. The Morgan fingerprint density at radius 3 is 2.33 bits per heavy atom. The molecule has 4 aromatic carbocycles. The number of benzene rings is 4. The third kappa shape index (κ3) is 3.83. The lowest BCUT2D eigenvalue weighted by atomic mass is 9.94. The molecule has 0 saturated carbocycles. The molecule has 0 aromatic heterocycles. The van der Waals surface area contributed by atoms with E-state index in [-0.39, 0.29) is 5.78 Å². The van der Waals surface area contributed by atoms with Crippen molar-refractivity contribution in [3.05, 3.63) is 102 Å². The maximum absolute atomic E-state index is 12.8. The maximum atomic E-state index is 12.8. The lowest BCUT2D eigenvalue weighted by molar-refractivity contribution is 0.104. The van der Waals surface area contributed by atoms with Gasteiger partial charge in [-0.05, 0) is 45.7 Å². The van der Waals surface area contributed by atoms with E-state index in [0.29, 0.717) is 17.1 Å². The number of hydrogen-bond acceptors (Lipinski definition) is 3. The molecule has 0 aliphatic heterocycles. The molecule has 0 heterocycles. The van der Waals surface area contributed by atoms with E-state index in [1.807, 2.05) is 36.4 Å². The number of carbonyl (C=O) groups excluding carboxylic acids is 1. The van der Waals surface area contributed by atoms with Crippen molar-refractivity contribution < 1.29 is 14.3 Å². The Labute approximate surface area is 176 Å². The van der Waals surface area contributed by atoms with Gasteiger partial charge in [0.15, 0.2) is 5.78 Å². The second-order valence-corrected chi connectivity index (χ2v) is 6.88. The van der Waals surface area contributed by atoms with Gasteiger partial charge < -0.3 is 9.47 Å². The lowest BCUT2D eigenvalue weighted by Crippen LogP contribution is -1.99. The van der Waals surface area contributed by atoms with Gasteiger partial charge in [-0.2, -0.15) is 0 Å². The molecule has 0 atom stereocenters. The molecule has 0 bridgehead atoms. The Balaban J connectivity index is 1.72. The minimum Gasteiger partial charge on any atom is -0.497 e. The highest BCUT2D eigenvalue weighted by molar-refractivity contribution is 6.09. The molecule has 3 nitrogen and oxygen atoms in total. The van der Waals surface area contributed by atoms with Gasteiger partial charge in [-0.25, -0.2) is 0 Å². The van der Waals surface area contributed by atoms with Crippen molar-refractivity contribution >= 4 is 22.6 Å². The summed E-state index contributed by atoms with van der Waals surface area (Å²) in [5.74, 6) is 1.02. The number of allylic oxidation sites excluding steroid dienone is 1. The normalized spacial score (nSPS) is 11.0. The second kappa shape index (κ2) is 8.66. The number of methoxy groups -OCH3 is 2. The first-order valence-corrected chi connectivity index (χ1v) is 9.73. The van der Waals surface area contributed by atoms with Crippen molar-refractivity contribution in [2.45, 2.75) is 0 Å². The van der Waals surface area contributed by atoms with E-state index in [4.69, 9.17) is 9.47 Å². The fourth-order valence-electron chi connectivity index (χ4n) is 3.61. The molecule has 0 aliphatic rings. The summed E-state index contributed by atoms with van der Waals surface area (Å²) in [7, 11) is 3.13. The predicted octanol–water partition coefficient (Wildman–Crippen LogP) is 6.42. The molecule has 148 valence electrons. The molecular formula is C27H22O3. The zero-order chi connectivity index (χ0) is 20.9. The van der Waals surface area contributed by atoms with E-state index >= 15 is 0 Å². The number of ketones is 1. The van der Waals surface area contributed by atoms with Crippen LogP contribution in [-0.4, -0.2) is 20.0 Å². The summed E-state index contributed by atoms with van der Waals surface area (Å²) in [5, 5.41) is 2.37. The molecule has 4 rings (SSSR count). The summed E-state index contributed by atoms with van der Waals surface area (Å²) in [6.07, 6.45) is 3.46. The molecule has 0 spiro atoms. The largest absolute Gasteiger partial charge is 0.497 e. The molecule has 0 aliphatic carbocycles. The first kappa shape index (κ1) is 19.5. The highest BCUT2D eigenvalue weighted by atomic mass is 16.5. The fourth-order valence-corrected chi connectivity index (χ4v) is 3.61. The summed E-state index contributed by atoms with van der Waals surface area (Å²) >= 11 is 0. The molecule has 4 aromatic rings. The zero-order valence-electron chi connectivity index (χ0n) is 17.0. The number of rotatable bonds is 6. The summed E-state index contributed by atoms with van der Waals surface area (Å²) in [6, 6.07) is 27.9. The lowest BCUT2D eigenvalue weighted by Gasteiger charge is -2.10. The van der Waals surface area contributed by atoms with Crippen LogP contribution in [0.15, 0.2) is 91.0 Å². The molecule has 0 amide bonds. The van der Waals surface area contributed by atoms with Crippen LogP contribution in [0, 0.1) is 0 Å². The van der Waals surface area contributed by atoms with E-state index in [1.54, 1.807) is 38.5 Å². The van der Waals surface area contributed by atoms with Crippen LogP contribution >= 0.6 is 0 Å². The number of hydrogen-bond donors (Lipinski definition) is 0. The van der Waals surface area contributed by atoms with Crippen LogP contribution in [0.25, 0.3) is 28.0 Å². The van der Waals surface area contributed by atoms with Crippen LogP contribution in [0.2, 0.25) is 0 Å². The highest BCUT2D eigenvalue weighted by Gasteiger charge is 2.12. The van der Waals surface area contributed by atoms with Crippen molar-refractivity contribution in [2.75, 3.05) is 14.2 Å². The van der Waals surface area contributed by atoms with E-state index in [0.717, 1.165) is 16.7 Å². The van der Waals surface area contributed by atoms with Crippen LogP contribution in [0.3, 0.4) is 0 Å². The Hall–Kier alpha value is -3.85. The van der Waals surface area contributed by atoms with Crippen LogP contribution in [0.1, 0.15) is 15.9 Å². The van der Waals surface area contributed by atoms with Crippen molar-refractivity contribution in [2.24, 2.45) is 0 Å². The van der Waals surface area contributed by atoms with Crippen LogP contribution in [-0.2, 0) is 0 Å².